The molecule has 1 aromatic carbocycles. The van der Waals surface area contributed by atoms with Crippen molar-refractivity contribution < 1.29 is 14.7 Å². The molecule has 0 bridgehead atoms. The number of rotatable bonds is 11. The van der Waals surface area contributed by atoms with Gasteiger partial charge in [-0.25, -0.2) is 0 Å². The van der Waals surface area contributed by atoms with Crippen LogP contribution in [-0.2, 0) is 17.8 Å². The summed E-state index contributed by atoms with van der Waals surface area (Å²) in [5.41, 5.74) is 3.05. The fraction of sp³-hybridized carbons (Fsp3) is 0.524. The van der Waals surface area contributed by atoms with Gasteiger partial charge in [-0.05, 0) is 32.3 Å². The zero-order valence-electron chi connectivity index (χ0n) is 15.4. The summed E-state index contributed by atoms with van der Waals surface area (Å²) < 4.78 is 2.26. The Balaban J connectivity index is 2.33. The Morgan fingerprint density at radius 1 is 1.00 bits per heavy atom. The number of hydrogen-bond donors (Lipinski definition) is 1. The summed E-state index contributed by atoms with van der Waals surface area (Å²) in [6.07, 6.45) is 6.31. The van der Waals surface area contributed by atoms with Crippen molar-refractivity contribution in [3.05, 3.63) is 35.5 Å². The molecule has 2 aromatic rings. The van der Waals surface area contributed by atoms with Gasteiger partial charge < -0.3 is 9.67 Å². The number of hydrogen-bond acceptors (Lipinski definition) is 2. The Labute approximate surface area is 149 Å². The Morgan fingerprint density at radius 2 is 1.76 bits per heavy atom. The second kappa shape index (κ2) is 9.40. The van der Waals surface area contributed by atoms with Crippen LogP contribution in [0.5, 0.6) is 0 Å². The van der Waals surface area contributed by atoms with Crippen LogP contribution in [0.2, 0.25) is 0 Å². The SMILES string of the molecule is CCCCCCc1c(C(=O)CCCC(=O)O)c2ccccc2n1CC. The van der Waals surface area contributed by atoms with Gasteiger partial charge in [-0.3, -0.25) is 9.59 Å². The van der Waals surface area contributed by atoms with E-state index in [0.717, 1.165) is 41.5 Å². The molecule has 136 valence electrons. The maximum atomic E-state index is 12.9. The normalized spacial score (nSPS) is 11.1. The predicted octanol–water partition coefficient (Wildman–Crippen LogP) is 5.22. The monoisotopic (exact) mass is 343 g/mol. The molecule has 4 heteroatoms. The molecule has 0 aliphatic rings. The average Bonchev–Trinajstić information content (AvgIpc) is 2.91. The molecule has 0 spiro atoms. The quantitative estimate of drug-likeness (QED) is 0.449. The molecule has 0 aliphatic heterocycles. The van der Waals surface area contributed by atoms with E-state index in [1.54, 1.807) is 0 Å². The zero-order valence-corrected chi connectivity index (χ0v) is 15.4. The first-order valence-electron chi connectivity index (χ1n) is 9.45. The number of ketones is 1. The van der Waals surface area contributed by atoms with Crippen LogP contribution >= 0.6 is 0 Å². The molecule has 1 N–H and O–H groups in total. The van der Waals surface area contributed by atoms with E-state index in [1.807, 2.05) is 18.2 Å². The van der Waals surface area contributed by atoms with Gasteiger partial charge in [0.1, 0.15) is 0 Å². The van der Waals surface area contributed by atoms with Crippen LogP contribution in [0.4, 0.5) is 0 Å². The Bertz CT molecular complexity index is 730. The molecule has 25 heavy (non-hydrogen) atoms. The lowest BCUT2D eigenvalue weighted by atomic mass is 9.99. The van der Waals surface area contributed by atoms with Gasteiger partial charge in [-0.15, -0.1) is 0 Å². The molecule has 0 radical (unpaired) electrons. The highest BCUT2D eigenvalue weighted by Crippen LogP contribution is 2.29. The van der Waals surface area contributed by atoms with Crippen molar-refractivity contribution >= 4 is 22.7 Å². The predicted molar refractivity (Wildman–Crippen MR) is 101 cm³/mol. The number of aryl methyl sites for hydroxylation is 1. The summed E-state index contributed by atoms with van der Waals surface area (Å²) in [4.78, 5) is 23.6. The number of carbonyl (C=O) groups is 2. The molecule has 0 unspecified atom stereocenters. The van der Waals surface area contributed by atoms with Crippen molar-refractivity contribution in [2.24, 2.45) is 0 Å². The van der Waals surface area contributed by atoms with E-state index >= 15 is 0 Å². The molecule has 0 aliphatic carbocycles. The van der Waals surface area contributed by atoms with E-state index in [9.17, 15) is 9.59 Å². The third-order valence-electron chi connectivity index (χ3n) is 4.74. The molecule has 0 amide bonds. The van der Waals surface area contributed by atoms with Crippen molar-refractivity contribution in [3.8, 4) is 0 Å². The van der Waals surface area contributed by atoms with Crippen molar-refractivity contribution in [3.63, 3.8) is 0 Å². The standard InChI is InChI=1S/C21H29NO3/c1-3-5-6-7-13-18-21(19(23)14-10-15-20(24)25)16-11-8-9-12-17(16)22(18)4-2/h8-9,11-12H,3-7,10,13-15H2,1-2H3,(H,24,25). The minimum absolute atomic E-state index is 0.0456. The summed E-state index contributed by atoms with van der Waals surface area (Å²) in [5.74, 6) is -0.765. The Morgan fingerprint density at radius 3 is 2.44 bits per heavy atom. The second-order valence-corrected chi connectivity index (χ2v) is 6.56. The highest BCUT2D eigenvalue weighted by atomic mass is 16.4. The summed E-state index contributed by atoms with van der Waals surface area (Å²) in [6.45, 7) is 5.15. The largest absolute Gasteiger partial charge is 0.481 e. The first kappa shape index (κ1) is 19.2. The molecule has 1 aromatic heterocycles. The van der Waals surface area contributed by atoms with Crippen molar-refractivity contribution in [2.45, 2.75) is 71.8 Å². The first-order chi connectivity index (χ1) is 12.1. The van der Waals surface area contributed by atoms with Crippen molar-refractivity contribution in [1.82, 2.24) is 4.57 Å². The van der Waals surface area contributed by atoms with Crippen LogP contribution in [0, 0.1) is 0 Å². The average molecular weight is 343 g/mol. The van der Waals surface area contributed by atoms with Crippen LogP contribution in [0.3, 0.4) is 0 Å². The highest BCUT2D eigenvalue weighted by Gasteiger charge is 2.21. The number of para-hydroxylation sites is 1. The van der Waals surface area contributed by atoms with Crippen LogP contribution in [-0.4, -0.2) is 21.4 Å². The highest BCUT2D eigenvalue weighted by molar-refractivity contribution is 6.09. The van der Waals surface area contributed by atoms with Crippen LogP contribution in [0.1, 0.15) is 74.8 Å². The Kier molecular flexibility index (Phi) is 7.23. The fourth-order valence-electron chi connectivity index (χ4n) is 3.53. The minimum atomic E-state index is -0.844. The van der Waals surface area contributed by atoms with E-state index in [4.69, 9.17) is 5.11 Å². The molecule has 4 nitrogen and oxygen atoms in total. The number of carboxylic acids is 1. The fourth-order valence-corrected chi connectivity index (χ4v) is 3.53. The number of carboxylic acid groups (broad SMARTS) is 1. The number of aromatic nitrogens is 1. The van der Waals surface area contributed by atoms with E-state index in [2.05, 4.69) is 24.5 Å². The molecule has 2 rings (SSSR count). The first-order valence-corrected chi connectivity index (χ1v) is 9.45. The number of fused-ring (bicyclic) bond motifs is 1. The van der Waals surface area contributed by atoms with Crippen molar-refractivity contribution in [2.75, 3.05) is 0 Å². The smallest absolute Gasteiger partial charge is 0.303 e. The summed E-state index contributed by atoms with van der Waals surface area (Å²) in [5, 5.41) is 9.83. The molecule has 0 fully saturated rings. The van der Waals surface area contributed by atoms with Gasteiger partial charge in [0, 0.05) is 41.5 Å². The summed E-state index contributed by atoms with van der Waals surface area (Å²) >= 11 is 0. The topological polar surface area (TPSA) is 59.3 Å². The van der Waals surface area contributed by atoms with Gasteiger partial charge in [-0.2, -0.15) is 0 Å². The van der Waals surface area contributed by atoms with Gasteiger partial charge >= 0.3 is 5.97 Å². The number of benzene rings is 1. The zero-order chi connectivity index (χ0) is 18.2. The number of aliphatic carboxylic acids is 1. The van der Waals surface area contributed by atoms with Crippen molar-refractivity contribution in [1.29, 1.82) is 0 Å². The molecular formula is C21H29NO3. The lowest BCUT2D eigenvalue weighted by Crippen LogP contribution is -2.08. The minimum Gasteiger partial charge on any atom is -0.481 e. The van der Waals surface area contributed by atoms with Gasteiger partial charge in [0.25, 0.3) is 0 Å². The van der Waals surface area contributed by atoms with E-state index in [0.29, 0.717) is 12.8 Å². The van der Waals surface area contributed by atoms with Gasteiger partial charge in [0.2, 0.25) is 0 Å². The Hall–Kier alpha value is -2.10. The van der Waals surface area contributed by atoms with Gasteiger partial charge in [0.15, 0.2) is 5.78 Å². The van der Waals surface area contributed by atoms with Crippen LogP contribution in [0.15, 0.2) is 24.3 Å². The summed E-state index contributed by atoms with van der Waals surface area (Å²) in [7, 11) is 0. The van der Waals surface area contributed by atoms with E-state index < -0.39 is 5.97 Å². The summed E-state index contributed by atoms with van der Waals surface area (Å²) in [6, 6.07) is 8.06. The number of carbonyl (C=O) groups excluding carboxylic acids is 1. The lowest BCUT2D eigenvalue weighted by Gasteiger charge is -2.10. The number of unbranched alkanes of at least 4 members (excludes halogenated alkanes) is 3. The van der Waals surface area contributed by atoms with Gasteiger partial charge in [-0.1, -0.05) is 44.4 Å². The lowest BCUT2D eigenvalue weighted by molar-refractivity contribution is -0.137. The van der Waals surface area contributed by atoms with E-state index in [1.165, 1.54) is 19.3 Å². The van der Waals surface area contributed by atoms with Crippen LogP contribution in [0.25, 0.3) is 10.9 Å². The molecular weight excluding hydrogens is 314 g/mol. The third-order valence-corrected chi connectivity index (χ3v) is 4.74. The molecule has 1 heterocycles. The third kappa shape index (κ3) is 4.71. The second-order valence-electron chi connectivity index (χ2n) is 6.56. The number of nitrogens with zero attached hydrogens (tertiary/aromatic N) is 1. The van der Waals surface area contributed by atoms with Crippen LogP contribution < -0.4 is 0 Å². The van der Waals surface area contributed by atoms with E-state index in [-0.39, 0.29) is 12.2 Å². The molecule has 0 saturated heterocycles. The number of Topliss-reactive ketones (excluding diaryl/α,β-unsaturated/α-hetero) is 1. The maximum Gasteiger partial charge on any atom is 0.303 e. The maximum absolute atomic E-state index is 12.9. The van der Waals surface area contributed by atoms with Gasteiger partial charge in [0.05, 0.1) is 0 Å². The molecule has 0 atom stereocenters. The molecule has 0 saturated carbocycles.